The average molecular weight is 351 g/mol. The van der Waals surface area contributed by atoms with Gasteiger partial charge in [-0.1, -0.05) is 0 Å². The van der Waals surface area contributed by atoms with E-state index in [9.17, 15) is 17.2 Å². The van der Waals surface area contributed by atoms with Gasteiger partial charge in [-0.25, -0.2) is 8.78 Å². The first-order valence-electron chi connectivity index (χ1n) is 5.17. The van der Waals surface area contributed by atoms with Crippen molar-refractivity contribution in [2.45, 2.75) is 18.7 Å². The van der Waals surface area contributed by atoms with E-state index in [0.717, 1.165) is 12.1 Å². The Labute approximate surface area is 117 Å². The molecule has 1 aromatic carbocycles. The van der Waals surface area contributed by atoms with Crippen LogP contribution >= 0.6 is 15.9 Å². The molecule has 0 aliphatic rings. The molecule has 0 radical (unpaired) electrons. The summed E-state index contributed by atoms with van der Waals surface area (Å²) >= 11 is 3.18. The Bertz CT molecular complexity index is 756. The maximum absolute atomic E-state index is 13.6. The summed E-state index contributed by atoms with van der Waals surface area (Å²) in [6.45, 7) is 3.11. The summed E-state index contributed by atoms with van der Waals surface area (Å²) in [5.41, 5.74) is 0.735. The van der Waals surface area contributed by atoms with Crippen molar-refractivity contribution < 1.29 is 17.2 Å². The molecule has 2 rings (SSSR count). The molecule has 0 amide bonds. The molecular formula is C11H9BrF2N2O2S. The topological polar surface area (TPSA) is 52.0 Å². The van der Waals surface area contributed by atoms with Gasteiger partial charge in [0, 0.05) is 0 Å². The van der Waals surface area contributed by atoms with Gasteiger partial charge in [0.2, 0.25) is 0 Å². The smallest absolute Gasteiger partial charge is 0.207 e. The maximum atomic E-state index is 13.6. The van der Waals surface area contributed by atoms with E-state index in [0.29, 0.717) is 26.0 Å². The predicted molar refractivity (Wildman–Crippen MR) is 68.3 cm³/mol. The van der Waals surface area contributed by atoms with E-state index in [-0.39, 0.29) is 0 Å². The first kappa shape index (κ1) is 14.1. The number of rotatable bonds is 2. The summed E-state index contributed by atoms with van der Waals surface area (Å²) in [5.74, 6) is -1.86. The molecule has 0 saturated heterocycles. The molecule has 0 aliphatic heterocycles. The fraction of sp³-hybridized carbons (Fsp3) is 0.182. The molecule has 0 bridgehead atoms. The summed E-state index contributed by atoms with van der Waals surface area (Å²) < 4.78 is 52.4. The zero-order valence-electron chi connectivity index (χ0n) is 9.99. The SMILES string of the molecule is Cc1nn(S(=O)(=O)c2cc(F)ccc2F)c(C)c1Br. The Balaban J connectivity index is 2.72. The highest BCUT2D eigenvalue weighted by molar-refractivity contribution is 9.10. The van der Waals surface area contributed by atoms with Crippen LogP contribution in [0.1, 0.15) is 11.4 Å². The van der Waals surface area contributed by atoms with Crippen LogP contribution in [-0.4, -0.2) is 17.6 Å². The molecule has 1 aromatic heterocycles. The monoisotopic (exact) mass is 350 g/mol. The highest BCUT2D eigenvalue weighted by Gasteiger charge is 2.26. The van der Waals surface area contributed by atoms with Crippen LogP contribution in [0.5, 0.6) is 0 Å². The largest absolute Gasteiger partial charge is 0.286 e. The van der Waals surface area contributed by atoms with Crippen LogP contribution in [-0.2, 0) is 10.0 Å². The number of aromatic nitrogens is 2. The van der Waals surface area contributed by atoms with Gasteiger partial charge in [-0.3, -0.25) is 0 Å². The van der Waals surface area contributed by atoms with Crippen LogP contribution in [0.15, 0.2) is 27.6 Å². The molecule has 2 aromatic rings. The van der Waals surface area contributed by atoms with Crippen LogP contribution in [0.3, 0.4) is 0 Å². The van der Waals surface area contributed by atoms with E-state index in [1.807, 2.05) is 0 Å². The summed E-state index contributed by atoms with van der Waals surface area (Å²) in [5, 5.41) is 3.82. The molecule has 0 unspecified atom stereocenters. The second kappa shape index (κ2) is 4.68. The minimum Gasteiger partial charge on any atom is -0.207 e. The van der Waals surface area contributed by atoms with Gasteiger partial charge in [-0.15, -0.1) is 0 Å². The minimum atomic E-state index is -4.26. The lowest BCUT2D eigenvalue weighted by molar-refractivity contribution is 0.543. The lowest BCUT2D eigenvalue weighted by atomic mass is 10.3. The van der Waals surface area contributed by atoms with Crippen molar-refractivity contribution in [3.05, 3.63) is 45.7 Å². The zero-order chi connectivity index (χ0) is 14.4. The van der Waals surface area contributed by atoms with E-state index < -0.39 is 26.6 Å². The van der Waals surface area contributed by atoms with Gasteiger partial charge >= 0.3 is 0 Å². The second-order valence-corrected chi connectivity index (χ2v) is 6.44. The Kier molecular flexibility index (Phi) is 3.48. The quantitative estimate of drug-likeness (QED) is 0.836. The molecule has 0 aliphatic carbocycles. The van der Waals surface area contributed by atoms with Gasteiger partial charge in [0.1, 0.15) is 16.5 Å². The normalized spacial score (nSPS) is 11.8. The maximum Gasteiger partial charge on any atom is 0.286 e. The first-order valence-corrected chi connectivity index (χ1v) is 7.41. The van der Waals surface area contributed by atoms with Crippen molar-refractivity contribution >= 4 is 26.0 Å². The number of halogens is 3. The van der Waals surface area contributed by atoms with Crippen LogP contribution in [0, 0.1) is 25.5 Å². The van der Waals surface area contributed by atoms with Crippen LogP contribution in [0.25, 0.3) is 0 Å². The summed E-state index contributed by atoms with van der Waals surface area (Å²) in [7, 11) is -4.26. The second-order valence-electron chi connectivity index (χ2n) is 3.91. The molecule has 8 heteroatoms. The lowest BCUT2D eigenvalue weighted by Gasteiger charge is -2.07. The van der Waals surface area contributed by atoms with E-state index in [4.69, 9.17) is 0 Å². The third kappa shape index (κ3) is 2.30. The standard InChI is InChI=1S/C11H9BrF2N2O2S/c1-6-11(12)7(2)16(15-6)19(17,18)10-5-8(13)3-4-9(10)14/h3-5H,1-2H3. The van der Waals surface area contributed by atoms with Crippen molar-refractivity contribution in [1.29, 1.82) is 0 Å². The number of hydrogen-bond donors (Lipinski definition) is 0. The van der Waals surface area contributed by atoms with Crippen molar-refractivity contribution in [2.75, 3.05) is 0 Å². The number of nitrogens with zero attached hydrogens (tertiary/aromatic N) is 2. The lowest BCUT2D eigenvalue weighted by Crippen LogP contribution is -2.17. The van der Waals surface area contributed by atoms with Crippen LogP contribution in [0.4, 0.5) is 8.78 Å². The Morgan fingerprint density at radius 2 is 1.89 bits per heavy atom. The Morgan fingerprint density at radius 1 is 1.26 bits per heavy atom. The molecule has 0 spiro atoms. The van der Waals surface area contributed by atoms with E-state index in [1.54, 1.807) is 6.92 Å². The summed E-state index contributed by atoms with van der Waals surface area (Å²) in [6, 6.07) is 2.25. The average Bonchev–Trinajstić information content (AvgIpc) is 2.60. The molecule has 0 fully saturated rings. The number of benzene rings is 1. The molecule has 4 nitrogen and oxygen atoms in total. The Hall–Kier alpha value is -1.28. The predicted octanol–water partition coefficient (Wildman–Crippen LogP) is 2.78. The minimum absolute atomic E-state index is 0.293. The summed E-state index contributed by atoms with van der Waals surface area (Å²) in [6.07, 6.45) is 0. The highest BCUT2D eigenvalue weighted by atomic mass is 79.9. The molecule has 0 atom stereocenters. The van der Waals surface area contributed by atoms with Crippen molar-refractivity contribution in [1.82, 2.24) is 9.19 Å². The van der Waals surface area contributed by atoms with Gasteiger partial charge < -0.3 is 0 Å². The number of aryl methyl sites for hydroxylation is 1. The third-order valence-electron chi connectivity index (χ3n) is 2.56. The van der Waals surface area contributed by atoms with Crippen molar-refractivity contribution in [2.24, 2.45) is 0 Å². The zero-order valence-corrected chi connectivity index (χ0v) is 12.4. The fourth-order valence-corrected chi connectivity index (χ4v) is 3.41. The van der Waals surface area contributed by atoms with Gasteiger partial charge in [0.25, 0.3) is 10.0 Å². The molecule has 19 heavy (non-hydrogen) atoms. The molecule has 0 saturated carbocycles. The third-order valence-corrected chi connectivity index (χ3v) is 5.39. The molecule has 1 heterocycles. The summed E-state index contributed by atoms with van der Waals surface area (Å²) in [4.78, 5) is -0.745. The molecular weight excluding hydrogens is 342 g/mol. The van der Waals surface area contributed by atoms with E-state index >= 15 is 0 Å². The van der Waals surface area contributed by atoms with Gasteiger partial charge in [-0.05, 0) is 48.0 Å². The molecule has 0 N–H and O–H groups in total. The first-order chi connectivity index (χ1) is 8.75. The van der Waals surface area contributed by atoms with Gasteiger partial charge in [0.05, 0.1) is 15.9 Å². The fourth-order valence-electron chi connectivity index (χ4n) is 1.60. The van der Waals surface area contributed by atoms with Gasteiger partial charge in [-0.2, -0.15) is 17.6 Å². The van der Waals surface area contributed by atoms with Crippen molar-refractivity contribution in [3.8, 4) is 0 Å². The molecule has 102 valence electrons. The van der Waals surface area contributed by atoms with Crippen LogP contribution in [0.2, 0.25) is 0 Å². The van der Waals surface area contributed by atoms with Crippen molar-refractivity contribution in [3.63, 3.8) is 0 Å². The van der Waals surface area contributed by atoms with E-state index in [1.165, 1.54) is 6.92 Å². The number of hydrogen-bond acceptors (Lipinski definition) is 3. The van der Waals surface area contributed by atoms with Crippen LogP contribution < -0.4 is 0 Å². The highest BCUT2D eigenvalue weighted by Crippen LogP contribution is 2.25. The van der Waals surface area contributed by atoms with E-state index in [2.05, 4.69) is 21.0 Å². The van der Waals surface area contributed by atoms with Gasteiger partial charge in [0.15, 0.2) is 0 Å². The Morgan fingerprint density at radius 3 is 2.42 bits per heavy atom.